The van der Waals surface area contributed by atoms with Gasteiger partial charge >= 0.3 is 0 Å². The van der Waals surface area contributed by atoms with E-state index in [9.17, 15) is 0 Å². The van der Waals surface area contributed by atoms with E-state index in [1.165, 1.54) is 6.42 Å². The smallest absolute Gasteiger partial charge is 0.134 e. The number of nitrogens with zero attached hydrogens (tertiary/aromatic N) is 4. The van der Waals surface area contributed by atoms with Gasteiger partial charge in [-0.05, 0) is 31.0 Å². The molecule has 6 heteroatoms. The molecule has 2 N–H and O–H groups in total. The first-order valence-electron chi connectivity index (χ1n) is 8.69. The molecule has 1 aliphatic rings. The minimum absolute atomic E-state index is 0.410. The van der Waals surface area contributed by atoms with E-state index >= 15 is 0 Å². The highest BCUT2D eigenvalue weighted by atomic mass is 15.3. The third-order valence-corrected chi connectivity index (χ3v) is 4.70. The fraction of sp³-hybridized carbons (Fsp3) is 0.316. The lowest BCUT2D eigenvalue weighted by Gasteiger charge is -2.26. The number of hydrogen-bond acceptors (Lipinski definition) is 6. The Morgan fingerprint density at radius 2 is 2.04 bits per heavy atom. The van der Waals surface area contributed by atoms with Crippen LogP contribution < -0.4 is 15.5 Å². The summed E-state index contributed by atoms with van der Waals surface area (Å²) in [5.41, 5.74) is 1.02. The van der Waals surface area contributed by atoms with Gasteiger partial charge in [0.15, 0.2) is 0 Å². The zero-order chi connectivity index (χ0) is 17.1. The molecule has 0 spiro atoms. The first-order chi connectivity index (χ1) is 12.3. The molecule has 4 rings (SSSR count). The lowest BCUT2D eigenvalue weighted by molar-refractivity contribution is 0.689. The van der Waals surface area contributed by atoms with Crippen LogP contribution in [0, 0.1) is 0 Å². The third kappa shape index (κ3) is 3.33. The number of benzene rings is 1. The maximum absolute atomic E-state index is 4.70. The Hall–Kier alpha value is -2.89. The SMILES string of the molecule is CNc1cc(N2CCCC2CNc2ccc3ccccc3n2)ncn1. The van der Waals surface area contributed by atoms with Crippen molar-refractivity contribution in [3.63, 3.8) is 0 Å². The zero-order valence-electron chi connectivity index (χ0n) is 14.3. The van der Waals surface area contributed by atoms with Crippen molar-refractivity contribution in [1.82, 2.24) is 15.0 Å². The van der Waals surface area contributed by atoms with Gasteiger partial charge in [0.1, 0.15) is 23.8 Å². The van der Waals surface area contributed by atoms with Crippen molar-refractivity contribution >= 4 is 28.4 Å². The molecule has 0 saturated carbocycles. The van der Waals surface area contributed by atoms with E-state index in [2.05, 4.69) is 37.6 Å². The number of hydrogen-bond donors (Lipinski definition) is 2. The number of aromatic nitrogens is 3. The van der Waals surface area contributed by atoms with Crippen LogP contribution >= 0.6 is 0 Å². The van der Waals surface area contributed by atoms with Gasteiger partial charge in [-0.1, -0.05) is 18.2 Å². The second-order valence-electron chi connectivity index (χ2n) is 6.27. The van der Waals surface area contributed by atoms with Gasteiger partial charge < -0.3 is 15.5 Å². The Morgan fingerprint density at radius 3 is 2.96 bits per heavy atom. The van der Waals surface area contributed by atoms with Crippen LogP contribution in [-0.2, 0) is 0 Å². The van der Waals surface area contributed by atoms with Gasteiger partial charge in [-0.2, -0.15) is 0 Å². The van der Waals surface area contributed by atoms with Gasteiger partial charge in [-0.3, -0.25) is 0 Å². The Balaban J connectivity index is 1.47. The molecular formula is C19H22N6. The Kier molecular flexibility index (Phi) is 4.33. The summed E-state index contributed by atoms with van der Waals surface area (Å²) >= 11 is 0. The summed E-state index contributed by atoms with van der Waals surface area (Å²) in [6, 6.07) is 14.8. The Labute approximate surface area is 147 Å². The van der Waals surface area contributed by atoms with Crippen LogP contribution in [0.25, 0.3) is 10.9 Å². The van der Waals surface area contributed by atoms with E-state index in [-0.39, 0.29) is 0 Å². The first kappa shape index (κ1) is 15.6. The lowest BCUT2D eigenvalue weighted by Crippen LogP contribution is -2.35. The van der Waals surface area contributed by atoms with Crippen molar-refractivity contribution in [2.75, 3.05) is 35.7 Å². The predicted molar refractivity (Wildman–Crippen MR) is 102 cm³/mol. The van der Waals surface area contributed by atoms with Gasteiger partial charge in [-0.15, -0.1) is 0 Å². The van der Waals surface area contributed by atoms with Crippen molar-refractivity contribution in [3.8, 4) is 0 Å². The minimum Gasteiger partial charge on any atom is -0.373 e. The van der Waals surface area contributed by atoms with Crippen molar-refractivity contribution in [2.45, 2.75) is 18.9 Å². The number of pyridine rings is 1. The fourth-order valence-corrected chi connectivity index (χ4v) is 3.38. The number of anilines is 3. The van der Waals surface area contributed by atoms with Gasteiger partial charge in [0, 0.05) is 37.6 Å². The molecule has 1 atom stereocenters. The Bertz CT molecular complexity index is 865. The van der Waals surface area contributed by atoms with Crippen LogP contribution in [0.3, 0.4) is 0 Å². The van der Waals surface area contributed by atoms with E-state index < -0.39 is 0 Å². The van der Waals surface area contributed by atoms with Crippen LogP contribution in [0.4, 0.5) is 17.5 Å². The first-order valence-corrected chi connectivity index (χ1v) is 8.69. The quantitative estimate of drug-likeness (QED) is 0.747. The van der Waals surface area contributed by atoms with Crippen LogP contribution in [0.1, 0.15) is 12.8 Å². The third-order valence-electron chi connectivity index (χ3n) is 4.70. The van der Waals surface area contributed by atoms with Gasteiger partial charge in [-0.25, -0.2) is 15.0 Å². The van der Waals surface area contributed by atoms with Crippen LogP contribution in [-0.4, -0.2) is 41.1 Å². The topological polar surface area (TPSA) is 66.0 Å². The molecule has 3 aromatic rings. The average Bonchev–Trinajstić information content (AvgIpc) is 3.15. The van der Waals surface area contributed by atoms with Crippen LogP contribution in [0.5, 0.6) is 0 Å². The molecule has 128 valence electrons. The molecule has 2 aromatic heterocycles. The summed E-state index contributed by atoms with van der Waals surface area (Å²) in [6.45, 7) is 1.88. The lowest BCUT2D eigenvalue weighted by atomic mass is 10.2. The van der Waals surface area contributed by atoms with Crippen LogP contribution in [0.15, 0.2) is 48.8 Å². The maximum atomic E-state index is 4.70. The van der Waals surface area contributed by atoms with Gasteiger partial charge in [0.2, 0.25) is 0 Å². The van der Waals surface area contributed by atoms with Crippen molar-refractivity contribution in [3.05, 3.63) is 48.8 Å². The summed E-state index contributed by atoms with van der Waals surface area (Å²) in [4.78, 5) is 15.7. The standard InChI is InChI=1S/C19H22N6/c1-20-18-11-19(23-13-22-18)25-10-4-6-15(25)12-21-17-9-8-14-5-2-3-7-16(14)24-17/h2-3,5,7-9,11,13,15H,4,6,10,12H2,1H3,(H,21,24)(H,20,22,23). The average molecular weight is 334 g/mol. The van der Waals surface area contributed by atoms with Crippen LogP contribution in [0.2, 0.25) is 0 Å². The normalized spacial score (nSPS) is 17.0. The van der Waals surface area contributed by atoms with E-state index in [0.717, 1.165) is 47.9 Å². The summed E-state index contributed by atoms with van der Waals surface area (Å²) in [7, 11) is 1.88. The second kappa shape index (κ2) is 6.93. The largest absolute Gasteiger partial charge is 0.373 e. The highest BCUT2D eigenvalue weighted by Gasteiger charge is 2.25. The minimum atomic E-state index is 0.410. The molecule has 6 nitrogen and oxygen atoms in total. The molecule has 1 aliphatic heterocycles. The summed E-state index contributed by atoms with van der Waals surface area (Å²) in [5, 5.41) is 7.74. The van der Waals surface area contributed by atoms with Crippen molar-refractivity contribution in [1.29, 1.82) is 0 Å². The molecule has 1 saturated heterocycles. The molecule has 0 amide bonds. The number of nitrogens with one attached hydrogen (secondary N) is 2. The second-order valence-corrected chi connectivity index (χ2v) is 6.27. The summed E-state index contributed by atoms with van der Waals surface area (Å²) in [5.74, 6) is 2.75. The number of fused-ring (bicyclic) bond motifs is 1. The fourth-order valence-electron chi connectivity index (χ4n) is 3.38. The molecule has 0 aliphatic carbocycles. The Morgan fingerprint density at radius 1 is 1.12 bits per heavy atom. The molecule has 1 fully saturated rings. The molecule has 1 unspecified atom stereocenters. The van der Waals surface area contributed by atoms with E-state index in [1.54, 1.807) is 6.33 Å². The number of para-hydroxylation sites is 1. The van der Waals surface area contributed by atoms with Crippen molar-refractivity contribution < 1.29 is 0 Å². The molecule has 0 radical (unpaired) electrons. The molecule has 3 heterocycles. The highest BCUT2D eigenvalue weighted by molar-refractivity contribution is 5.80. The predicted octanol–water partition coefficient (Wildman–Crippen LogP) is 3.15. The van der Waals surface area contributed by atoms with Gasteiger partial charge in [0.25, 0.3) is 0 Å². The summed E-state index contributed by atoms with van der Waals surface area (Å²) < 4.78 is 0. The molecule has 1 aromatic carbocycles. The molecular weight excluding hydrogens is 312 g/mol. The maximum Gasteiger partial charge on any atom is 0.134 e. The van der Waals surface area contributed by atoms with E-state index in [4.69, 9.17) is 4.98 Å². The van der Waals surface area contributed by atoms with Crippen molar-refractivity contribution in [2.24, 2.45) is 0 Å². The molecule has 0 bridgehead atoms. The highest BCUT2D eigenvalue weighted by Crippen LogP contribution is 2.25. The van der Waals surface area contributed by atoms with E-state index in [0.29, 0.717) is 6.04 Å². The summed E-state index contributed by atoms with van der Waals surface area (Å²) in [6.07, 6.45) is 3.95. The molecule has 25 heavy (non-hydrogen) atoms. The van der Waals surface area contributed by atoms with Gasteiger partial charge in [0.05, 0.1) is 5.52 Å². The van der Waals surface area contributed by atoms with E-state index in [1.807, 2.05) is 37.4 Å². The zero-order valence-corrected chi connectivity index (χ0v) is 14.3. The monoisotopic (exact) mass is 334 g/mol. The number of rotatable bonds is 5.